The number of benzene rings is 2. The molecule has 0 saturated carbocycles. The molecule has 0 spiro atoms. The van der Waals surface area contributed by atoms with E-state index in [0.29, 0.717) is 19.7 Å². The highest BCUT2D eigenvalue weighted by molar-refractivity contribution is 5.69. The highest BCUT2D eigenvalue weighted by atomic mass is 16.6. The molecule has 2 aromatic carbocycles. The van der Waals surface area contributed by atoms with Gasteiger partial charge in [-0.15, -0.1) is 0 Å². The quantitative estimate of drug-likeness (QED) is 0.781. The molecule has 5 nitrogen and oxygen atoms in total. The van der Waals surface area contributed by atoms with Gasteiger partial charge in [-0.2, -0.15) is 0 Å². The van der Waals surface area contributed by atoms with E-state index in [1.54, 1.807) is 4.90 Å². The van der Waals surface area contributed by atoms with Crippen molar-refractivity contribution in [2.24, 2.45) is 0 Å². The van der Waals surface area contributed by atoms with Gasteiger partial charge in [0.2, 0.25) is 0 Å². The van der Waals surface area contributed by atoms with Crippen LogP contribution in [0.15, 0.2) is 48.5 Å². The van der Waals surface area contributed by atoms with E-state index >= 15 is 0 Å². The fourth-order valence-electron chi connectivity index (χ4n) is 2.97. The van der Waals surface area contributed by atoms with Crippen molar-refractivity contribution in [2.45, 2.75) is 52.6 Å². The van der Waals surface area contributed by atoms with Crippen molar-refractivity contribution in [1.29, 1.82) is 0 Å². The molecular weight excluding hydrogens is 342 g/mol. The van der Waals surface area contributed by atoms with Crippen LogP contribution >= 0.6 is 0 Å². The lowest BCUT2D eigenvalue weighted by molar-refractivity contribution is 0.0188. The largest absolute Gasteiger partial charge is 0.488 e. The predicted octanol–water partition coefficient (Wildman–Crippen LogP) is 4.78. The first-order chi connectivity index (χ1) is 12.8. The average Bonchev–Trinajstić information content (AvgIpc) is 2.78. The number of hydrogen-bond donors (Lipinski definition) is 0. The highest BCUT2D eigenvalue weighted by Crippen LogP contribution is 2.33. The normalized spacial score (nSPS) is 16.7. The molecule has 1 aliphatic rings. The van der Waals surface area contributed by atoms with Crippen LogP contribution < -0.4 is 9.47 Å². The molecule has 2 aromatic rings. The molecular formula is C22H27NO4. The Balaban J connectivity index is 1.82. The Morgan fingerprint density at radius 2 is 1.89 bits per heavy atom. The minimum atomic E-state index is -0.542. The summed E-state index contributed by atoms with van der Waals surface area (Å²) in [7, 11) is 0. The van der Waals surface area contributed by atoms with Gasteiger partial charge in [-0.05, 0) is 45.4 Å². The number of rotatable bonds is 3. The van der Waals surface area contributed by atoms with Crippen molar-refractivity contribution in [3.63, 3.8) is 0 Å². The summed E-state index contributed by atoms with van der Waals surface area (Å²) < 4.78 is 17.6. The molecule has 0 saturated heterocycles. The number of carbonyl (C=O) groups is 1. The second kappa shape index (κ2) is 7.91. The van der Waals surface area contributed by atoms with Crippen molar-refractivity contribution in [1.82, 2.24) is 4.90 Å². The molecule has 1 atom stereocenters. The van der Waals surface area contributed by atoms with Gasteiger partial charge in [-0.1, -0.05) is 36.4 Å². The van der Waals surface area contributed by atoms with Crippen LogP contribution in [0.3, 0.4) is 0 Å². The lowest BCUT2D eigenvalue weighted by Gasteiger charge is -2.27. The van der Waals surface area contributed by atoms with E-state index in [1.165, 1.54) is 0 Å². The smallest absolute Gasteiger partial charge is 0.410 e. The first-order valence-electron chi connectivity index (χ1n) is 9.25. The Morgan fingerprint density at radius 1 is 1.15 bits per heavy atom. The third kappa shape index (κ3) is 5.16. The molecule has 0 aliphatic carbocycles. The molecule has 0 aromatic heterocycles. The number of amides is 1. The van der Waals surface area contributed by atoms with Gasteiger partial charge in [0.05, 0.1) is 18.7 Å². The molecule has 1 amide bonds. The summed E-state index contributed by atoms with van der Waals surface area (Å²) in [6.07, 6.45) is -0.480. The summed E-state index contributed by atoms with van der Waals surface area (Å²) >= 11 is 0. The van der Waals surface area contributed by atoms with Crippen molar-refractivity contribution in [3.8, 4) is 11.5 Å². The zero-order valence-corrected chi connectivity index (χ0v) is 16.4. The number of fused-ring (bicyclic) bond motifs is 1. The van der Waals surface area contributed by atoms with Crippen LogP contribution in [0, 0.1) is 0 Å². The summed E-state index contributed by atoms with van der Waals surface area (Å²) in [6.45, 7) is 8.85. The summed E-state index contributed by atoms with van der Waals surface area (Å²) in [6, 6.07) is 15.7. The average molecular weight is 369 g/mol. The van der Waals surface area contributed by atoms with Gasteiger partial charge in [0.25, 0.3) is 0 Å². The Hall–Kier alpha value is -2.69. The van der Waals surface area contributed by atoms with Gasteiger partial charge in [-0.3, -0.25) is 4.90 Å². The van der Waals surface area contributed by atoms with E-state index < -0.39 is 5.60 Å². The lowest BCUT2D eigenvalue weighted by atomic mass is 10.1. The monoisotopic (exact) mass is 369 g/mol. The summed E-state index contributed by atoms with van der Waals surface area (Å²) in [4.78, 5) is 14.3. The van der Waals surface area contributed by atoms with Crippen molar-refractivity contribution in [3.05, 3.63) is 59.7 Å². The second-order valence-corrected chi connectivity index (χ2v) is 7.80. The van der Waals surface area contributed by atoms with Gasteiger partial charge in [0.1, 0.15) is 29.8 Å². The first kappa shape index (κ1) is 19.1. The molecule has 0 bridgehead atoms. The maximum absolute atomic E-state index is 12.6. The maximum atomic E-state index is 12.6. The molecule has 3 rings (SSSR count). The van der Waals surface area contributed by atoms with Crippen molar-refractivity contribution >= 4 is 6.09 Å². The SMILES string of the molecule is C[C@@H]1CN(C(=O)OC(C)(C)C)Cc2c(OCc3ccccc3)cccc2O1. The number of hydrogen-bond acceptors (Lipinski definition) is 4. The van der Waals surface area contributed by atoms with Crippen molar-refractivity contribution in [2.75, 3.05) is 6.54 Å². The standard InChI is InChI=1S/C22H27NO4/c1-16-13-23(21(24)27-22(2,3)4)14-18-19(11-8-12-20(18)26-16)25-15-17-9-6-5-7-10-17/h5-12,16H,13-15H2,1-4H3/t16-/m1/s1. The Morgan fingerprint density at radius 3 is 2.59 bits per heavy atom. The van der Waals surface area contributed by atoms with Crippen LogP contribution in [0.25, 0.3) is 0 Å². The van der Waals surface area contributed by atoms with Crippen LogP contribution in [-0.2, 0) is 17.9 Å². The lowest BCUT2D eigenvalue weighted by Crippen LogP contribution is -2.39. The highest BCUT2D eigenvalue weighted by Gasteiger charge is 2.29. The molecule has 1 heterocycles. The van der Waals surface area contributed by atoms with Crippen LogP contribution in [-0.4, -0.2) is 29.2 Å². The van der Waals surface area contributed by atoms with E-state index in [4.69, 9.17) is 14.2 Å². The van der Waals surface area contributed by atoms with Crippen LogP contribution in [0.4, 0.5) is 4.79 Å². The van der Waals surface area contributed by atoms with Gasteiger partial charge < -0.3 is 14.2 Å². The Labute approximate surface area is 160 Å². The van der Waals surface area contributed by atoms with E-state index in [-0.39, 0.29) is 12.2 Å². The summed E-state index contributed by atoms with van der Waals surface area (Å²) in [5, 5.41) is 0. The first-order valence-corrected chi connectivity index (χ1v) is 9.25. The van der Waals surface area contributed by atoms with Crippen molar-refractivity contribution < 1.29 is 19.0 Å². The molecule has 0 unspecified atom stereocenters. The molecule has 5 heteroatoms. The Kier molecular flexibility index (Phi) is 5.59. The van der Waals surface area contributed by atoms with E-state index in [9.17, 15) is 4.79 Å². The molecule has 1 aliphatic heterocycles. The minimum absolute atomic E-state index is 0.136. The van der Waals surface area contributed by atoms with Crippen LogP contribution in [0.1, 0.15) is 38.8 Å². The van der Waals surface area contributed by atoms with Gasteiger partial charge >= 0.3 is 6.09 Å². The summed E-state index contributed by atoms with van der Waals surface area (Å²) in [5.41, 5.74) is 1.41. The van der Waals surface area contributed by atoms with E-state index in [0.717, 1.165) is 22.6 Å². The predicted molar refractivity (Wildman–Crippen MR) is 104 cm³/mol. The second-order valence-electron chi connectivity index (χ2n) is 7.80. The number of nitrogens with zero attached hydrogens (tertiary/aromatic N) is 1. The number of carbonyl (C=O) groups excluding carboxylic acids is 1. The van der Waals surface area contributed by atoms with E-state index in [2.05, 4.69) is 0 Å². The summed E-state index contributed by atoms with van der Waals surface area (Å²) in [5.74, 6) is 1.47. The van der Waals surface area contributed by atoms with E-state index in [1.807, 2.05) is 76.2 Å². The maximum Gasteiger partial charge on any atom is 0.410 e. The fraction of sp³-hybridized carbons (Fsp3) is 0.409. The molecule has 0 N–H and O–H groups in total. The zero-order chi connectivity index (χ0) is 19.4. The topological polar surface area (TPSA) is 48.0 Å². The Bertz CT molecular complexity index is 783. The molecule has 0 fully saturated rings. The fourth-order valence-corrected chi connectivity index (χ4v) is 2.97. The minimum Gasteiger partial charge on any atom is -0.488 e. The molecule has 27 heavy (non-hydrogen) atoms. The van der Waals surface area contributed by atoms with Gasteiger partial charge in [-0.25, -0.2) is 4.79 Å². The third-order valence-electron chi connectivity index (χ3n) is 4.13. The van der Waals surface area contributed by atoms with Crippen LogP contribution in [0.2, 0.25) is 0 Å². The molecule has 144 valence electrons. The zero-order valence-electron chi connectivity index (χ0n) is 16.4. The third-order valence-corrected chi connectivity index (χ3v) is 4.13. The molecule has 0 radical (unpaired) electrons. The van der Waals surface area contributed by atoms with Gasteiger partial charge in [0.15, 0.2) is 0 Å². The number of ether oxygens (including phenoxy) is 3. The van der Waals surface area contributed by atoms with Crippen LogP contribution in [0.5, 0.6) is 11.5 Å². The van der Waals surface area contributed by atoms with Gasteiger partial charge in [0, 0.05) is 0 Å².